The molecule has 2 nitrogen and oxygen atoms in total. The first kappa shape index (κ1) is 14.0. The van der Waals surface area contributed by atoms with Crippen LogP contribution >= 0.6 is 0 Å². The van der Waals surface area contributed by atoms with Crippen LogP contribution in [-0.4, -0.2) is 12.6 Å². The van der Waals surface area contributed by atoms with Gasteiger partial charge in [-0.3, -0.25) is 0 Å². The molecule has 0 amide bonds. The molecule has 1 aromatic heterocycles. The van der Waals surface area contributed by atoms with Crippen LogP contribution in [0.3, 0.4) is 0 Å². The number of furan rings is 1. The molecule has 2 heteroatoms. The quantitative estimate of drug-likeness (QED) is 0.491. The summed E-state index contributed by atoms with van der Waals surface area (Å²) in [5, 5.41) is 3.55. The highest BCUT2D eigenvalue weighted by Gasteiger charge is 2.02. The second kappa shape index (κ2) is 9.06. The molecule has 0 aliphatic carbocycles. The predicted octanol–water partition coefficient (Wildman–Crippen LogP) is 3.94. The van der Waals surface area contributed by atoms with Crippen LogP contribution in [0.25, 0.3) is 0 Å². The minimum absolute atomic E-state index is 0.569. The van der Waals surface area contributed by atoms with Gasteiger partial charge in [-0.05, 0) is 51.3 Å². The SMILES string of the molecule is C=CCCCCCNC(C)CCc1ccco1. The van der Waals surface area contributed by atoms with Gasteiger partial charge in [-0.25, -0.2) is 0 Å². The van der Waals surface area contributed by atoms with Gasteiger partial charge in [-0.1, -0.05) is 12.5 Å². The van der Waals surface area contributed by atoms with Gasteiger partial charge < -0.3 is 9.73 Å². The van der Waals surface area contributed by atoms with E-state index in [1.807, 2.05) is 18.2 Å². The molecule has 17 heavy (non-hydrogen) atoms. The first-order valence-electron chi connectivity index (χ1n) is 6.69. The zero-order valence-electron chi connectivity index (χ0n) is 11.0. The highest BCUT2D eigenvalue weighted by molar-refractivity contribution is 4.98. The normalized spacial score (nSPS) is 12.5. The Morgan fingerprint density at radius 3 is 3.00 bits per heavy atom. The van der Waals surface area contributed by atoms with Crippen LogP contribution in [-0.2, 0) is 6.42 Å². The minimum atomic E-state index is 0.569. The van der Waals surface area contributed by atoms with E-state index >= 15 is 0 Å². The summed E-state index contributed by atoms with van der Waals surface area (Å²) in [7, 11) is 0. The lowest BCUT2D eigenvalue weighted by molar-refractivity contribution is 0.455. The van der Waals surface area contributed by atoms with Gasteiger partial charge in [0.15, 0.2) is 0 Å². The maximum atomic E-state index is 5.32. The second-order valence-electron chi connectivity index (χ2n) is 4.61. The largest absolute Gasteiger partial charge is 0.469 e. The van der Waals surface area contributed by atoms with Crippen molar-refractivity contribution in [3.05, 3.63) is 36.8 Å². The fourth-order valence-corrected chi connectivity index (χ4v) is 1.85. The standard InChI is InChI=1S/C15H25NO/c1-3-4-5-6-7-12-16-14(2)10-11-15-9-8-13-17-15/h3,8-9,13-14,16H,1,4-7,10-12H2,2H3. The van der Waals surface area contributed by atoms with E-state index in [9.17, 15) is 0 Å². The van der Waals surface area contributed by atoms with Crippen molar-refractivity contribution in [3.63, 3.8) is 0 Å². The maximum absolute atomic E-state index is 5.32. The lowest BCUT2D eigenvalue weighted by Gasteiger charge is -2.12. The van der Waals surface area contributed by atoms with E-state index in [0.717, 1.165) is 31.6 Å². The van der Waals surface area contributed by atoms with E-state index in [4.69, 9.17) is 4.42 Å². The lowest BCUT2D eigenvalue weighted by Crippen LogP contribution is -2.27. The number of nitrogens with one attached hydrogen (secondary N) is 1. The van der Waals surface area contributed by atoms with Crippen molar-refractivity contribution in [3.8, 4) is 0 Å². The predicted molar refractivity (Wildman–Crippen MR) is 73.2 cm³/mol. The third-order valence-electron chi connectivity index (χ3n) is 2.98. The van der Waals surface area contributed by atoms with E-state index < -0.39 is 0 Å². The van der Waals surface area contributed by atoms with E-state index in [1.165, 1.54) is 19.3 Å². The number of allylic oxidation sites excluding steroid dienone is 1. The Morgan fingerprint density at radius 2 is 2.29 bits per heavy atom. The van der Waals surface area contributed by atoms with Crippen molar-refractivity contribution < 1.29 is 4.42 Å². The molecular formula is C15H25NO. The van der Waals surface area contributed by atoms with E-state index in [1.54, 1.807) is 6.26 Å². The third-order valence-corrected chi connectivity index (χ3v) is 2.98. The molecule has 96 valence electrons. The van der Waals surface area contributed by atoms with Crippen LogP contribution in [0.5, 0.6) is 0 Å². The van der Waals surface area contributed by atoms with Gasteiger partial charge >= 0.3 is 0 Å². The molecule has 0 saturated heterocycles. The topological polar surface area (TPSA) is 25.2 Å². The summed E-state index contributed by atoms with van der Waals surface area (Å²) < 4.78 is 5.32. The van der Waals surface area contributed by atoms with Gasteiger partial charge in [0.2, 0.25) is 0 Å². The monoisotopic (exact) mass is 235 g/mol. The molecule has 0 aromatic carbocycles. The Kier molecular flexibility index (Phi) is 7.48. The summed E-state index contributed by atoms with van der Waals surface area (Å²) >= 11 is 0. The molecule has 0 aliphatic rings. The van der Waals surface area contributed by atoms with Gasteiger partial charge in [-0.2, -0.15) is 0 Å². The molecule has 1 rings (SSSR count). The molecule has 1 unspecified atom stereocenters. The summed E-state index contributed by atoms with van der Waals surface area (Å²) in [6.07, 6.45) is 10.9. The maximum Gasteiger partial charge on any atom is 0.103 e. The van der Waals surface area contributed by atoms with E-state index in [0.29, 0.717) is 6.04 Å². The van der Waals surface area contributed by atoms with Gasteiger partial charge in [0.05, 0.1) is 6.26 Å². The van der Waals surface area contributed by atoms with E-state index in [-0.39, 0.29) is 0 Å². The molecule has 0 spiro atoms. The molecule has 1 heterocycles. The molecule has 1 aromatic rings. The highest BCUT2D eigenvalue weighted by atomic mass is 16.3. The lowest BCUT2D eigenvalue weighted by atomic mass is 10.1. The first-order valence-corrected chi connectivity index (χ1v) is 6.69. The second-order valence-corrected chi connectivity index (χ2v) is 4.61. The van der Waals surface area contributed by atoms with Crippen molar-refractivity contribution >= 4 is 0 Å². The molecule has 0 saturated carbocycles. The van der Waals surface area contributed by atoms with Crippen molar-refractivity contribution in [2.45, 2.75) is 51.5 Å². The molecule has 1 N–H and O–H groups in total. The zero-order valence-corrected chi connectivity index (χ0v) is 11.0. The fraction of sp³-hybridized carbons (Fsp3) is 0.600. The molecule has 0 aliphatic heterocycles. The average molecular weight is 235 g/mol. The molecule has 0 bridgehead atoms. The Bertz CT molecular complexity index is 279. The number of rotatable bonds is 10. The first-order chi connectivity index (χ1) is 8.33. The molecular weight excluding hydrogens is 210 g/mol. The van der Waals surface area contributed by atoms with Crippen LogP contribution in [0.4, 0.5) is 0 Å². The Hall–Kier alpha value is -1.02. The van der Waals surface area contributed by atoms with Crippen LogP contribution in [0.15, 0.2) is 35.5 Å². The van der Waals surface area contributed by atoms with Crippen LogP contribution < -0.4 is 5.32 Å². The number of aryl methyl sites for hydroxylation is 1. The van der Waals surface area contributed by atoms with Gasteiger partial charge in [-0.15, -0.1) is 6.58 Å². The third kappa shape index (κ3) is 7.01. The summed E-state index contributed by atoms with van der Waals surface area (Å²) in [6.45, 7) is 7.10. The minimum Gasteiger partial charge on any atom is -0.469 e. The van der Waals surface area contributed by atoms with Crippen LogP contribution in [0, 0.1) is 0 Å². The summed E-state index contributed by atoms with van der Waals surface area (Å²) in [4.78, 5) is 0. The fourth-order valence-electron chi connectivity index (χ4n) is 1.85. The smallest absolute Gasteiger partial charge is 0.103 e. The van der Waals surface area contributed by atoms with Crippen molar-refractivity contribution in [2.75, 3.05) is 6.54 Å². The average Bonchev–Trinajstić information content (AvgIpc) is 2.84. The van der Waals surface area contributed by atoms with Gasteiger partial charge in [0.25, 0.3) is 0 Å². The van der Waals surface area contributed by atoms with Crippen molar-refractivity contribution in [1.29, 1.82) is 0 Å². The molecule has 1 atom stereocenters. The van der Waals surface area contributed by atoms with E-state index in [2.05, 4.69) is 18.8 Å². The number of hydrogen-bond acceptors (Lipinski definition) is 2. The molecule has 0 radical (unpaired) electrons. The summed E-state index contributed by atoms with van der Waals surface area (Å²) in [6, 6.07) is 4.56. The zero-order chi connectivity index (χ0) is 12.3. The van der Waals surface area contributed by atoms with Crippen LogP contribution in [0.2, 0.25) is 0 Å². The molecule has 0 fully saturated rings. The summed E-state index contributed by atoms with van der Waals surface area (Å²) in [5.41, 5.74) is 0. The Balaban J connectivity index is 1.94. The van der Waals surface area contributed by atoms with Gasteiger partial charge in [0.1, 0.15) is 5.76 Å². The van der Waals surface area contributed by atoms with Gasteiger partial charge in [0, 0.05) is 12.5 Å². The highest BCUT2D eigenvalue weighted by Crippen LogP contribution is 2.06. The number of unbranched alkanes of at least 4 members (excludes halogenated alkanes) is 3. The number of hydrogen-bond donors (Lipinski definition) is 1. The van der Waals surface area contributed by atoms with Crippen LogP contribution in [0.1, 0.15) is 44.8 Å². The van der Waals surface area contributed by atoms with Crippen molar-refractivity contribution in [1.82, 2.24) is 5.32 Å². The van der Waals surface area contributed by atoms with Crippen molar-refractivity contribution in [2.24, 2.45) is 0 Å². The Labute approximate surface area is 105 Å². The summed E-state index contributed by atoms with van der Waals surface area (Å²) in [5.74, 6) is 1.09. The Morgan fingerprint density at radius 1 is 1.41 bits per heavy atom.